The standard InChI is InChI=1S/C14H28N2O2/c1-2-3-4-5-6-7-8-9-11-14(17)15-12-10-13-16-18/h2,16,18H,1,3-13H2,(H,15,17). The van der Waals surface area contributed by atoms with Gasteiger partial charge in [-0.05, 0) is 25.7 Å². The molecule has 0 saturated carbocycles. The number of rotatable bonds is 13. The first-order valence-corrected chi connectivity index (χ1v) is 7.05. The first-order chi connectivity index (χ1) is 8.81. The van der Waals surface area contributed by atoms with Crippen molar-refractivity contribution in [2.45, 2.75) is 57.8 Å². The van der Waals surface area contributed by atoms with Crippen molar-refractivity contribution in [1.82, 2.24) is 10.8 Å². The first kappa shape index (κ1) is 17.1. The topological polar surface area (TPSA) is 61.4 Å². The first-order valence-electron chi connectivity index (χ1n) is 7.05. The molecule has 106 valence electrons. The molecule has 0 heterocycles. The molecule has 0 bridgehead atoms. The monoisotopic (exact) mass is 256 g/mol. The predicted molar refractivity (Wildman–Crippen MR) is 74.5 cm³/mol. The molecule has 0 saturated heterocycles. The average Bonchev–Trinajstić information content (AvgIpc) is 2.38. The molecule has 0 fully saturated rings. The van der Waals surface area contributed by atoms with Gasteiger partial charge in [0.15, 0.2) is 0 Å². The van der Waals surface area contributed by atoms with Crippen molar-refractivity contribution in [3.63, 3.8) is 0 Å². The van der Waals surface area contributed by atoms with Crippen LogP contribution in [0.1, 0.15) is 57.8 Å². The van der Waals surface area contributed by atoms with Crippen molar-refractivity contribution < 1.29 is 10.0 Å². The summed E-state index contributed by atoms with van der Waals surface area (Å²) in [6.07, 6.45) is 11.6. The Balaban J connectivity index is 3.12. The highest BCUT2D eigenvalue weighted by atomic mass is 16.5. The third-order valence-corrected chi connectivity index (χ3v) is 2.85. The summed E-state index contributed by atoms with van der Waals surface area (Å²) in [7, 11) is 0. The van der Waals surface area contributed by atoms with E-state index >= 15 is 0 Å². The Morgan fingerprint density at radius 1 is 1.00 bits per heavy atom. The zero-order valence-electron chi connectivity index (χ0n) is 11.4. The van der Waals surface area contributed by atoms with Gasteiger partial charge in [-0.3, -0.25) is 4.79 Å². The lowest BCUT2D eigenvalue weighted by atomic mass is 10.1. The molecule has 0 aliphatic heterocycles. The van der Waals surface area contributed by atoms with Gasteiger partial charge in [0.05, 0.1) is 0 Å². The van der Waals surface area contributed by atoms with Crippen LogP contribution in [-0.2, 0) is 4.79 Å². The number of hydroxylamine groups is 1. The smallest absolute Gasteiger partial charge is 0.219 e. The minimum Gasteiger partial charge on any atom is -0.356 e. The van der Waals surface area contributed by atoms with E-state index < -0.39 is 0 Å². The van der Waals surface area contributed by atoms with E-state index in [1.54, 1.807) is 0 Å². The van der Waals surface area contributed by atoms with E-state index in [2.05, 4.69) is 17.4 Å². The van der Waals surface area contributed by atoms with Crippen molar-refractivity contribution in [2.24, 2.45) is 0 Å². The van der Waals surface area contributed by atoms with Gasteiger partial charge in [0.2, 0.25) is 5.91 Å². The van der Waals surface area contributed by atoms with Gasteiger partial charge in [0.1, 0.15) is 0 Å². The van der Waals surface area contributed by atoms with Crippen molar-refractivity contribution >= 4 is 5.91 Å². The summed E-state index contributed by atoms with van der Waals surface area (Å²) in [5.41, 5.74) is 2.06. The van der Waals surface area contributed by atoms with E-state index in [9.17, 15) is 4.79 Å². The summed E-state index contributed by atoms with van der Waals surface area (Å²) in [4.78, 5) is 11.4. The van der Waals surface area contributed by atoms with Crippen molar-refractivity contribution in [2.75, 3.05) is 13.1 Å². The zero-order chi connectivity index (χ0) is 13.5. The van der Waals surface area contributed by atoms with Gasteiger partial charge in [-0.1, -0.05) is 31.8 Å². The van der Waals surface area contributed by atoms with Crippen molar-refractivity contribution in [1.29, 1.82) is 0 Å². The van der Waals surface area contributed by atoms with Crippen molar-refractivity contribution in [3.05, 3.63) is 12.7 Å². The summed E-state index contributed by atoms with van der Waals surface area (Å²) in [6.45, 7) is 4.85. The fourth-order valence-corrected chi connectivity index (χ4v) is 1.76. The van der Waals surface area contributed by atoms with E-state index in [1.807, 2.05) is 6.08 Å². The van der Waals surface area contributed by atoms with E-state index in [4.69, 9.17) is 5.21 Å². The number of carbonyl (C=O) groups is 1. The van der Waals surface area contributed by atoms with Gasteiger partial charge in [-0.25, -0.2) is 5.48 Å². The molecular formula is C14H28N2O2. The molecule has 4 nitrogen and oxygen atoms in total. The minimum atomic E-state index is 0.125. The Bertz CT molecular complexity index is 208. The van der Waals surface area contributed by atoms with Gasteiger partial charge in [0, 0.05) is 19.5 Å². The molecule has 0 unspecified atom stereocenters. The number of allylic oxidation sites excluding steroid dienone is 1. The average molecular weight is 256 g/mol. The molecule has 18 heavy (non-hydrogen) atoms. The molecule has 0 aromatic rings. The van der Waals surface area contributed by atoms with E-state index in [0.717, 1.165) is 25.7 Å². The van der Waals surface area contributed by atoms with Gasteiger partial charge in [-0.2, -0.15) is 0 Å². The molecule has 0 atom stereocenters. The Hall–Kier alpha value is -0.870. The fourth-order valence-electron chi connectivity index (χ4n) is 1.76. The van der Waals surface area contributed by atoms with Gasteiger partial charge >= 0.3 is 0 Å². The third kappa shape index (κ3) is 13.2. The highest BCUT2D eigenvalue weighted by molar-refractivity contribution is 5.75. The Kier molecular flexibility index (Phi) is 13.5. The number of unbranched alkanes of at least 4 members (excludes halogenated alkanes) is 6. The number of hydrogen-bond donors (Lipinski definition) is 3. The molecule has 0 radical (unpaired) electrons. The molecular weight excluding hydrogens is 228 g/mol. The zero-order valence-corrected chi connectivity index (χ0v) is 11.4. The van der Waals surface area contributed by atoms with Crippen LogP contribution in [-0.4, -0.2) is 24.2 Å². The maximum absolute atomic E-state index is 11.4. The second kappa shape index (κ2) is 14.2. The van der Waals surface area contributed by atoms with Crippen LogP contribution in [0.3, 0.4) is 0 Å². The van der Waals surface area contributed by atoms with Crippen LogP contribution in [0.2, 0.25) is 0 Å². The van der Waals surface area contributed by atoms with Crippen LogP contribution < -0.4 is 10.8 Å². The number of amides is 1. The number of hydrogen-bond acceptors (Lipinski definition) is 3. The summed E-state index contributed by atoms with van der Waals surface area (Å²) in [5.74, 6) is 0.125. The van der Waals surface area contributed by atoms with Crippen LogP contribution in [0.25, 0.3) is 0 Å². The Labute approximate surface area is 111 Å². The second-order valence-electron chi connectivity index (χ2n) is 4.56. The summed E-state index contributed by atoms with van der Waals surface area (Å²) in [6, 6.07) is 0. The summed E-state index contributed by atoms with van der Waals surface area (Å²) < 4.78 is 0. The van der Waals surface area contributed by atoms with Crippen LogP contribution in [0.15, 0.2) is 12.7 Å². The Morgan fingerprint density at radius 2 is 1.67 bits per heavy atom. The molecule has 0 spiro atoms. The minimum absolute atomic E-state index is 0.125. The molecule has 1 amide bonds. The summed E-state index contributed by atoms with van der Waals surface area (Å²) in [5, 5.41) is 11.2. The predicted octanol–water partition coefficient (Wildman–Crippen LogP) is 2.78. The molecule has 0 aromatic carbocycles. The van der Waals surface area contributed by atoms with Crippen LogP contribution in [0, 0.1) is 0 Å². The molecule has 0 rings (SSSR count). The van der Waals surface area contributed by atoms with E-state index in [1.165, 1.54) is 25.7 Å². The van der Waals surface area contributed by atoms with Crippen molar-refractivity contribution in [3.8, 4) is 0 Å². The van der Waals surface area contributed by atoms with E-state index in [0.29, 0.717) is 19.5 Å². The van der Waals surface area contributed by atoms with Crippen LogP contribution in [0.5, 0.6) is 0 Å². The third-order valence-electron chi connectivity index (χ3n) is 2.85. The second-order valence-corrected chi connectivity index (χ2v) is 4.56. The number of nitrogens with one attached hydrogen (secondary N) is 2. The molecule has 4 heteroatoms. The molecule has 0 aliphatic carbocycles. The lowest BCUT2D eigenvalue weighted by Gasteiger charge is -2.04. The highest BCUT2D eigenvalue weighted by Gasteiger charge is 1.99. The molecule has 3 N–H and O–H groups in total. The number of carbonyl (C=O) groups excluding carboxylic acids is 1. The summed E-state index contributed by atoms with van der Waals surface area (Å²) >= 11 is 0. The normalized spacial score (nSPS) is 10.3. The maximum Gasteiger partial charge on any atom is 0.219 e. The quantitative estimate of drug-likeness (QED) is 0.270. The van der Waals surface area contributed by atoms with Gasteiger partial charge in [0.25, 0.3) is 0 Å². The lowest BCUT2D eigenvalue weighted by molar-refractivity contribution is -0.121. The highest BCUT2D eigenvalue weighted by Crippen LogP contribution is 2.08. The van der Waals surface area contributed by atoms with Gasteiger partial charge < -0.3 is 10.5 Å². The molecule has 0 aliphatic rings. The molecule has 0 aromatic heterocycles. The maximum atomic E-state index is 11.4. The lowest BCUT2D eigenvalue weighted by Crippen LogP contribution is -2.26. The largest absolute Gasteiger partial charge is 0.356 e. The SMILES string of the molecule is C=CCCCCCCCCC(=O)NCCCNO. The van der Waals surface area contributed by atoms with E-state index in [-0.39, 0.29) is 5.91 Å². The fraction of sp³-hybridized carbons (Fsp3) is 0.786. The van der Waals surface area contributed by atoms with Crippen LogP contribution >= 0.6 is 0 Å². The van der Waals surface area contributed by atoms with Crippen LogP contribution in [0.4, 0.5) is 0 Å². The Morgan fingerprint density at radius 3 is 2.33 bits per heavy atom. The van der Waals surface area contributed by atoms with Gasteiger partial charge in [-0.15, -0.1) is 6.58 Å².